The Balaban J connectivity index is 2.16. The van der Waals surface area contributed by atoms with Crippen LogP contribution in [0.25, 0.3) is 0 Å². The topological polar surface area (TPSA) is 44.8 Å². The third-order valence-electron chi connectivity index (χ3n) is 8.48. The normalized spacial score (nSPS) is 20.7. The van der Waals surface area contributed by atoms with E-state index in [4.69, 9.17) is 13.9 Å². The number of carbonyl (C=O) groups excluding carboxylic acids is 1. The highest BCUT2D eigenvalue weighted by molar-refractivity contribution is 8.21. The van der Waals surface area contributed by atoms with E-state index in [0.29, 0.717) is 12.4 Å². The molecule has 3 rings (SSSR count). The first-order valence-electron chi connectivity index (χ1n) is 12.6. The number of thioether (sulfide) groups is 2. The molecule has 1 saturated heterocycles. The fraction of sp³-hybridized carbons (Fsp3) is 0.679. The van der Waals surface area contributed by atoms with Gasteiger partial charge in [-0.1, -0.05) is 40.2 Å². The molecule has 196 valence electrons. The van der Waals surface area contributed by atoms with Crippen molar-refractivity contribution in [2.45, 2.75) is 89.1 Å². The quantitative estimate of drug-likeness (QED) is 0.192. The van der Waals surface area contributed by atoms with E-state index < -0.39 is 8.32 Å². The lowest BCUT2D eigenvalue weighted by Crippen LogP contribution is -2.44. The zero-order valence-corrected chi connectivity index (χ0v) is 25.9. The number of carbonyl (C=O) groups is 1. The lowest BCUT2D eigenvalue weighted by atomic mass is 9.65. The van der Waals surface area contributed by atoms with Gasteiger partial charge in [-0.3, -0.25) is 0 Å². The average Bonchev–Trinajstić information content (AvgIpc) is 3.28. The molecule has 1 aromatic rings. The van der Waals surface area contributed by atoms with Gasteiger partial charge in [0.15, 0.2) is 8.32 Å². The molecule has 1 aliphatic heterocycles. The number of aldehydes is 1. The van der Waals surface area contributed by atoms with E-state index >= 15 is 0 Å². The lowest BCUT2D eigenvalue weighted by Gasteiger charge is -2.50. The second-order valence-corrected chi connectivity index (χ2v) is 19.7. The summed E-state index contributed by atoms with van der Waals surface area (Å²) in [4.78, 5) is 13.0. The van der Waals surface area contributed by atoms with Gasteiger partial charge in [0.2, 0.25) is 0 Å². The summed E-state index contributed by atoms with van der Waals surface area (Å²) >= 11 is 4.16. The first-order chi connectivity index (χ1) is 16.2. The molecule has 1 aromatic carbocycles. The molecule has 1 aliphatic carbocycles. The van der Waals surface area contributed by atoms with E-state index in [1.54, 1.807) is 14.2 Å². The molecular formula is C28H44O4S2Si. The highest BCUT2D eigenvalue weighted by Gasteiger charge is 2.54. The molecular weight excluding hydrogens is 493 g/mol. The second-order valence-electron chi connectivity index (χ2n) is 11.8. The van der Waals surface area contributed by atoms with Crippen LogP contribution in [0.5, 0.6) is 11.5 Å². The molecule has 0 aromatic heterocycles. The summed E-state index contributed by atoms with van der Waals surface area (Å²) < 4.78 is 18.3. The van der Waals surface area contributed by atoms with Crippen molar-refractivity contribution in [2.75, 3.05) is 25.7 Å². The zero-order chi connectivity index (χ0) is 26.2. The Morgan fingerprint density at radius 1 is 1.11 bits per heavy atom. The van der Waals surface area contributed by atoms with Gasteiger partial charge in [-0.2, -0.15) is 0 Å². The predicted octanol–water partition coefficient (Wildman–Crippen LogP) is 7.82. The van der Waals surface area contributed by atoms with Crippen LogP contribution in [0.1, 0.15) is 71.4 Å². The number of allylic oxidation sites excluding steroid dienone is 2. The highest BCUT2D eigenvalue weighted by Crippen LogP contribution is 2.65. The van der Waals surface area contributed by atoms with Crippen LogP contribution in [0, 0.1) is 5.41 Å². The first kappa shape index (κ1) is 28.7. The smallest absolute Gasteiger partial charge is 0.192 e. The number of methoxy groups -OCH3 is 2. The summed E-state index contributed by atoms with van der Waals surface area (Å²) in [5, 5.41) is 0.0912. The van der Waals surface area contributed by atoms with Crippen molar-refractivity contribution in [3.05, 3.63) is 34.4 Å². The minimum atomic E-state index is -2.01. The zero-order valence-electron chi connectivity index (χ0n) is 23.3. The van der Waals surface area contributed by atoms with Gasteiger partial charge >= 0.3 is 0 Å². The third-order valence-corrected chi connectivity index (χ3v) is 17.1. The van der Waals surface area contributed by atoms with Crippen molar-refractivity contribution in [2.24, 2.45) is 5.41 Å². The van der Waals surface area contributed by atoms with Crippen molar-refractivity contribution >= 4 is 38.1 Å². The maximum Gasteiger partial charge on any atom is 0.192 e. The van der Waals surface area contributed by atoms with Gasteiger partial charge in [0, 0.05) is 28.6 Å². The fourth-order valence-corrected chi connectivity index (χ4v) is 9.87. The Hall–Kier alpha value is -0.893. The Morgan fingerprint density at radius 3 is 2.26 bits per heavy atom. The number of hydrogen-bond donors (Lipinski definition) is 0. The summed E-state index contributed by atoms with van der Waals surface area (Å²) in [7, 11) is 1.34. The standard InChI is InChI=1S/C28H44O4S2Si/c1-19-11-12-28(33-13-14-34-28)27(5,6)25(19)22(17-29)24-20(15-21(30-7)16-23(24)31-8)18-32-35(9,10)26(2,3)4/h15-17,22H,11-14,18H2,1-10H3. The molecule has 7 heteroatoms. The summed E-state index contributed by atoms with van der Waals surface area (Å²) in [5.74, 6) is 3.37. The molecule has 0 N–H and O–H groups in total. The van der Waals surface area contributed by atoms with E-state index in [-0.39, 0.29) is 20.5 Å². The summed E-state index contributed by atoms with van der Waals surface area (Å²) in [6.07, 6.45) is 3.30. The number of benzene rings is 1. The minimum absolute atomic E-state index is 0.0912. The van der Waals surface area contributed by atoms with Gasteiger partial charge in [0.05, 0.1) is 30.8 Å². The van der Waals surface area contributed by atoms with Crippen LogP contribution < -0.4 is 9.47 Å². The Kier molecular flexibility index (Phi) is 8.57. The molecule has 1 heterocycles. The van der Waals surface area contributed by atoms with Crippen LogP contribution in [0.4, 0.5) is 0 Å². The predicted molar refractivity (Wildman–Crippen MR) is 154 cm³/mol. The molecule has 35 heavy (non-hydrogen) atoms. The minimum Gasteiger partial charge on any atom is -0.497 e. The number of hydrogen-bond acceptors (Lipinski definition) is 6. The van der Waals surface area contributed by atoms with Gasteiger partial charge in [0.1, 0.15) is 17.8 Å². The van der Waals surface area contributed by atoms with E-state index in [2.05, 4.69) is 78.2 Å². The van der Waals surface area contributed by atoms with Crippen molar-refractivity contribution in [3.63, 3.8) is 0 Å². The SMILES string of the molecule is COc1cc(CO[Si](C)(C)C(C)(C)C)c(C(C=O)C2=C(C)CCC3(SCCS3)C2(C)C)c(OC)c1. The van der Waals surface area contributed by atoms with E-state index in [1.807, 2.05) is 12.1 Å². The van der Waals surface area contributed by atoms with Crippen molar-refractivity contribution in [1.29, 1.82) is 0 Å². The maximum absolute atomic E-state index is 13.0. The Morgan fingerprint density at radius 2 is 1.74 bits per heavy atom. The second kappa shape index (κ2) is 10.5. The van der Waals surface area contributed by atoms with Crippen LogP contribution in [0.15, 0.2) is 23.3 Å². The maximum atomic E-state index is 13.0. The van der Waals surface area contributed by atoms with Crippen molar-refractivity contribution < 1.29 is 18.7 Å². The molecule has 0 amide bonds. The molecule has 0 radical (unpaired) electrons. The lowest BCUT2D eigenvalue weighted by molar-refractivity contribution is -0.108. The molecule has 0 saturated carbocycles. The van der Waals surface area contributed by atoms with Crippen LogP contribution >= 0.6 is 23.5 Å². The van der Waals surface area contributed by atoms with Gasteiger partial charge in [-0.15, -0.1) is 23.5 Å². The van der Waals surface area contributed by atoms with Crippen LogP contribution in [0.2, 0.25) is 18.1 Å². The van der Waals surface area contributed by atoms with Crippen LogP contribution in [-0.2, 0) is 15.8 Å². The average molecular weight is 537 g/mol. The molecule has 0 bridgehead atoms. The number of rotatable bonds is 8. The van der Waals surface area contributed by atoms with Crippen LogP contribution in [0.3, 0.4) is 0 Å². The number of ether oxygens (including phenoxy) is 2. The molecule has 2 aliphatic rings. The summed E-state index contributed by atoms with van der Waals surface area (Å²) in [6, 6.07) is 3.93. The van der Waals surface area contributed by atoms with E-state index in [9.17, 15) is 4.79 Å². The molecule has 4 nitrogen and oxygen atoms in total. The van der Waals surface area contributed by atoms with E-state index in [0.717, 1.165) is 36.0 Å². The van der Waals surface area contributed by atoms with Crippen molar-refractivity contribution in [1.82, 2.24) is 0 Å². The third kappa shape index (κ3) is 5.25. The Labute approximate surface area is 222 Å². The fourth-order valence-electron chi connectivity index (χ4n) is 5.32. The van der Waals surface area contributed by atoms with Gasteiger partial charge < -0.3 is 18.7 Å². The summed E-state index contributed by atoms with van der Waals surface area (Å²) in [6.45, 7) is 18.6. The van der Waals surface area contributed by atoms with Gasteiger partial charge in [-0.05, 0) is 55.1 Å². The van der Waals surface area contributed by atoms with Gasteiger partial charge in [-0.25, -0.2) is 0 Å². The molecule has 1 fully saturated rings. The largest absolute Gasteiger partial charge is 0.497 e. The Bertz CT molecular complexity index is 972. The highest BCUT2D eigenvalue weighted by atomic mass is 32.2. The monoisotopic (exact) mass is 536 g/mol. The van der Waals surface area contributed by atoms with E-state index in [1.165, 1.54) is 22.7 Å². The molecule has 1 atom stereocenters. The van der Waals surface area contributed by atoms with Crippen LogP contribution in [-0.4, -0.2) is 44.4 Å². The molecule has 1 spiro atoms. The van der Waals surface area contributed by atoms with Gasteiger partial charge in [0.25, 0.3) is 0 Å². The molecule has 1 unspecified atom stereocenters. The first-order valence-corrected chi connectivity index (χ1v) is 17.4. The van der Waals surface area contributed by atoms with Crippen molar-refractivity contribution in [3.8, 4) is 11.5 Å². The summed E-state index contributed by atoms with van der Waals surface area (Å²) in [5.41, 5.74) is 4.35.